The summed E-state index contributed by atoms with van der Waals surface area (Å²) in [6, 6.07) is 4.76. The van der Waals surface area contributed by atoms with E-state index in [2.05, 4.69) is 40.0 Å². The highest BCUT2D eigenvalue weighted by Crippen LogP contribution is 2.21. The molecule has 0 saturated carbocycles. The molecule has 118 valence electrons. The summed E-state index contributed by atoms with van der Waals surface area (Å²) < 4.78 is 13.7. The number of rotatable bonds is 7. The van der Waals surface area contributed by atoms with E-state index in [-0.39, 0.29) is 16.4 Å². The van der Waals surface area contributed by atoms with Crippen molar-refractivity contribution in [3.8, 4) is 0 Å². The van der Waals surface area contributed by atoms with E-state index in [0.29, 0.717) is 18.0 Å². The summed E-state index contributed by atoms with van der Waals surface area (Å²) in [6.45, 7) is 4.88. The van der Waals surface area contributed by atoms with Crippen molar-refractivity contribution in [3.63, 3.8) is 0 Å². The normalized spacial score (nSPS) is 12.8. The molecule has 1 rings (SSSR count). The lowest BCUT2D eigenvalue weighted by molar-refractivity contribution is 0.0927. The van der Waals surface area contributed by atoms with Crippen molar-refractivity contribution in [3.05, 3.63) is 34.1 Å². The summed E-state index contributed by atoms with van der Waals surface area (Å²) in [6.07, 6.45) is 2.14. The molecular weight excluding hydrogens is 335 g/mol. The summed E-state index contributed by atoms with van der Waals surface area (Å²) >= 11 is 3.13. The van der Waals surface area contributed by atoms with Crippen molar-refractivity contribution >= 4 is 21.8 Å². The standard InChI is InChI=1S/C16H24BrFN2O/c1-5-11(6-2)14(20(3)4)10-19-16(21)12-8-7-9-13(18)15(12)17/h7-9,11,14H,5-6,10H2,1-4H3,(H,19,21). The van der Waals surface area contributed by atoms with Crippen LogP contribution in [-0.4, -0.2) is 37.5 Å². The molecule has 1 N–H and O–H groups in total. The second-order valence-corrected chi connectivity index (χ2v) is 6.21. The van der Waals surface area contributed by atoms with Gasteiger partial charge in [-0.1, -0.05) is 32.8 Å². The van der Waals surface area contributed by atoms with Gasteiger partial charge in [0.05, 0.1) is 10.0 Å². The van der Waals surface area contributed by atoms with E-state index in [4.69, 9.17) is 0 Å². The number of carbonyl (C=O) groups is 1. The van der Waals surface area contributed by atoms with Gasteiger partial charge in [-0.2, -0.15) is 0 Å². The van der Waals surface area contributed by atoms with Crippen LogP contribution in [0.5, 0.6) is 0 Å². The molecule has 3 nitrogen and oxygen atoms in total. The smallest absolute Gasteiger partial charge is 0.252 e. The van der Waals surface area contributed by atoms with Crippen LogP contribution in [0.4, 0.5) is 4.39 Å². The average Bonchev–Trinajstić information content (AvgIpc) is 2.45. The van der Waals surface area contributed by atoms with E-state index in [9.17, 15) is 9.18 Å². The van der Waals surface area contributed by atoms with Gasteiger partial charge >= 0.3 is 0 Å². The maximum Gasteiger partial charge on any atom is 0.252 e. The fourth-order valence-electron chi connectivity index (χ4n) is 2.58. The van der Waals surface area contributed by atoms with Gasteiger partial charge in [0.25, 0.3) is 5.91 Å². The molecule has 0 radical (unpaired) electrons. The number of halogens is 2. The van der Waals surface area contributed by atoms with Crippen LogP contribution in [0.25, 0.3) is 0 Å². The molecule has 1 amide bonds. The second kappa shape index (κ2) is 8.49. The number of nitrogens with zero attached hydrogens (tertiary/aromatic N) is 1. The molecule has 0 aromatic heterocycles. The summed E-state index contributed by atoms with van der Waals surface area (Å²) in [7, 11) is 4.04. The van der Waals surface area contributed by atoms with E-state index < -0.39 is 5.82 Å². The van der Waals surface area contributed by atoms with Gasteiger partial charge in [0, 0.05) is 12.6 Å². The van der Waals surface area contributed by atoms with Gasteiger partial charge in [0.2, 0.25) is 0 Å². The molecule has 21 heavy (non-hydrogen) atoms. The third-order valence-electron chi connectivity index (χ3n) is 3.92. The van der Waals surface area contributed by atoms with Crippen molar-refractivity contribution in [2.75, 3.05) is 20.6 Å². The van der Waals surface area contributed by atoms with Crippen LogP contribution in [0.15, 0.2) is 22.7 Å². The van der Waals surface area contributed by atoms with Gasteiger partial charge in [-0.3, -0.25) is 4.79 Å². The first-order valence-electron chi connectivity index (χ1n) is 7.30. The first kappa shape index (κ1) is 18.1. The second-order valence-electron chi connectivity index (χ2n) is 5.42. The Morgan fingerprint density at radius 3 is 2.48 bits per heavy atom. The van der Waals surface area contributed by atoms with Gasteiger partial charge in [0.1, 0.15) is 5.82 Å². The van der Waals surface area contributed by atoms with Gasteiger partial charge in [-0.15, -0.1) is 0 Å². The minimum atomic E-state index is -0.424. The average molecular weight is 359 g/mol. The van der Waals surface area contributed by atoms with Gasteiger partial charge in [-0.05, 0) is 48.1 Å². The highest BCUT2D eigenvalue weighted by atomic mass is 79.9. The van der Waals surface area contributed by atoms with E-state index in [1.807, 2.05) is 14.1 Å². The Hall–Kier alpha value is -0.940. The van der Waals surface area contributed by atoms with Crippen LogP contribution < -0.4 is 5.32 Å². The quantitative estimate of drug-likeness (QED) is 0.806. The van der Waals surface area contributed by atoms with Crippen LogP contribution in [0, 0.1) is 11.7 Å². The van der Waals surface area contributed by atoms with Crippen molar-refractivity contribution in [2.24, 2.45) is 5.92 Å². The highest BCUT2D eigenvalue weighted by Gasteiger charge is 2.22. The highest BCUT2D eigenvalue weighted by molar-refractivity contribution is 9.10. The molecule has 5 heteroatoms. The van der Waals surface area contributed by atoms with E-state index >= 15 is 0 Å². The van der Waals surface area contributed by atoms with Crippen LogP contribution in [0.1, 0.15) is 37.0 Å². The molecule has 1 aromatic rings. The van der Waals surface area contributed by atoms with E-state index in [0.717, 1.165) is 12.8 Å². The van der Waals surface area contributed by atoms with E-state index in [1.165, 1.54) is 6.07 Å². The first-order valence-corrected chi connectivity index (χ1v) is 8.10. The van der Waals surface area contributed by atoms with Crippen molar-refractivity contribution in [1.29, 1.82) is 0 Å². The zero-order chi connectivity index (χ0) is 16.0. The number of hydrogen-bond donors (Lipinski definition) is 1. The van der Waals surface area contributed by atoms with E-state index in [1.54, 1.807) is 12.1 Å². The molecule has 0 heterocycles. The van der Waals surface area contributed by atoms with Gasteiger partial charge in [0.15, 0.2) is 0 Å². The molecule has 0 saturated heterocycles. The predicted molar refractivity (Wildman–Crippen MR) is 88.0 cm³/mol. The number of amides is 1. The fourth-order valence-corrected chi connectivity index (χ4v) is 3.02. The Kier molecular flexibility index (Phi) is 7.32. The topological polar surface area (TPSA) is 32.3 Å². The molecular formula is C16H24BrFN2O. The van der Waals surface area contributed by atoms with Crippen LogP contribution in [0.3, 0.4) is 0 Å². The Morgan fingerprint density at radius 1 is 1.33 bits per heavy atom. The summed E-state index contributed by atoms with van der Waals surface area (Å²) in [5, 5.41) is 2.92. The van der Waals surface area contributed by atoms with Crippen LogP contribution in [0.2, 0.25) is 0 Å². The monoisotopic (exact) mass is 358 g/mol. The molecule has 0 aliphatic rings. The summed E-state index contributed by atoms with van der Waals surface area (Å²) in [5.41, 5.74) is 0.331. The number of carbonyl (C=O) groups excluding carboxylic acids is 1. The molecule has 0 aliphatic heterocycles. The zero-order valence-electron chi connectivity index (χ0n) is 13.1. The van der Waals surface area contributed by atoms with Gasteiger partial charge in [-0.25, -0.2) is 4.39 Å². The lowest BCUT2D eigenvalue weighted by Crippen LogP contribution is -2.44. The lowest BCUT2D eigenvalue weighted by atomic mass is 9.93. The molecule has 0 spiro atoms. The van der Waals surface area contributed by atoms with Crippen LogP contribution in [-0.2, 0) is 0 Å². The van der Waals surface area contributed by atoms with Crippen LogP contribution >= 0.6 is 15.9 Å². The predicted octanol–water partition coefficient (Wildman–Crippen LogP) is 3.68. The number of nitrogens with one attached hydrogen (secondary N) is 1. The Balaban J connectivity index is 2.76. The summed E-state index contributed by atoms with van der Waals surface area (Å²) in [4.78, 5) is 14.4. The summed E-state index contributed by atoms with van der Waals surface area (Å²) in [5.74, 6) is -0.151. The number of hydrogen-bond acceptors (Lipinski definition) is 2. The Labute approximate surface area is 135 Å². The maximum atomic E-state index is 13.5. The molecule has 1 unspecified atom stereocenters. The number of likely N-dealkylation sites (N-methyl/N-ethyl adjacent to an activating group) is 1. The number of benzene rings is 1. The molecule has 1 atom stereocenters. The third-order valence-corrected chi connectivity index (χ3v) is 4.73. The van der Waals surface area contributed by atoms with Crippen molar-refractivity contribution < 1.29 is 9.18 Å². The SMILES string of the molecule is CCC(CC)C(CNC(=O)c1cccc(F)c1Br)N(C)C. The first-order chi connectivity index (χ1) is 9.92. The minimum Gasteiger partial charge on any atom is -0.350 e. The Bertz CT molecular complexity index is 475. The molecule has 0 fully saturated rings. The Morgan fingerprint density at radius 2 is 1.95 bits per heavy atom. The minimum absolute atomic E-state index is 0.214. The van der Waals surface area contributed by atoms with Crippen molar-refractivity contribution in [2.45, 2.75) is 32.7 Å². The zero-order valence-corrected chi connectivity index (χ0v) is 14.7. The molecule has 0 bridgehead atoms. The fraction of sp³-hybridized carbons (Fsp3) is 0.562. The molecule has 0 aliphatic carbocycles. The van der Waals surface area contributed by atoms with Gasteiger partial charge < -0.3 is 10.2 Å². The largest absolute Gasteiger partial charge is 0.350 e. The third kappa shape index (κ3) is 4.78. The molecule has 1 aromatic carbocycles. The lowest BCUT2D eigenvalue weighted by Gasteiger charge is -2.31. The maximum absolute atomic E-state index is 13.5. The van der Waals surface area contributed by atoms with Crippen molar-refractivity contribution in [1.82, 2.24) is 10.2 Å².